The average molecular weight is 586 g/mol. The molecule has 0 spiro atoms. The number of benzene rings is 2. The van der Waals surface area contributed by atoms with E-state index in [4.69, 9.17) is 9.47 Å². The van der Waals surface area contributed by atoms with Crippen LogP contribution in [-0.4, -0.2) is 73.1 Å². The number of morpholine rings is 1. The van der Waals surface area contributed by atoms with E-state index in [-0.39, 0.29) is 11.8 Å². The van der Waals surface area contributed by atoms with Crippen molar-refractivity contribution in [2.75, 3.05) is 56.7 Å². The maximum absolute atomic E-state index is 14.2. The van der Waals surface area contributed by atoms with E-state index in [1.807, 2.05) is 40.1 Å². The van der Waals surface area contributed by atoms with Gasteiger partial charge in [0.25, 0.3) is 5.91 Å². The molecule has 0 bridgehead atoms. The molecule has 3 heterocycles. The number of methoxy groups -OCH3 is 1. The van der Waals surface area contributed by atoms with Gasteiger partial charge in [-0.3, -0.25) is 14.5 Å². The van der Waals surface area contributed by atoms with E-state index < -0.39 is 0 Å². The Morgan fingerprint density at radius 1 is 0.930 bits per heavy atom. The number of hydrogen-bond acceptors (Lipinski definition) is 7. The molecule has 9 nitrogen and oxygen atoms in total. The molecule has 5 rings (SSSR count). The van der Waals surface area contributed by atoms with Crippen molar-refractivity contribution >= 4 is 29.0 Å². The summed E-state index contributed by atoms with van der Waals surface area (Å²) in [5, 5.41) is 3.32. The molecule has 9 heteroatoms. The number of hydrogen-bond donors (Lipinski definition) is 1. The summed E-state index contributed by atoms with van der Waals surface area (Å²) in [5.74, 6) is 1.15. The van der Waals surface area contributed by atoms with Crippen molar-refractivity contribution in [3.05, 3.63) is 77.5 Å². The standard InChI is InChI=1S/C34H43N5O4/c1-26(40)39-17-7-5-3-4-6-16-38(25-28-14-13-27(22-32(28)39)24-37-18-20-43-21-19-37)34(41)31-12-9-15-35-33(31)36-29-10-8-11-30(23-29)42-2/h8-15,22-23H,3-7,16-21,24-25H2,1-2H3,(H,35,36). The van der Waals surface area contributed by atoms with Crippen LogP contribution in [0.5, 0.6) is 5.75 Å². The molecule has 0 saturated carbocycles. The molecule has 2 aliphatic heterocycles. The molecule has 0 radical (unpaired) electrons. The maximum atomic E-state index is 14.2. The van der Waals surface area contributed by atoms with Crippen LogP contribution in [0.4, 0.5) is 17.2 Å². The van der Waals surface area contributed by atoms with Gasteiger partial charge in [0.15, 0.2) is 0 Å². The maximum Gasteiger partial charge on any atom is 0.257 e. The summed E-state index contributed by atoms with van der Waals surface area (Å²) in [7, 11) is 1.63. The first-order valence-electron chi connectivity index (χ1n) is 15.4. The van der Waals surface area contributed by atoms with Gasteiger partial charge in [-0.15, -0.1) is 0 Å². The van der Waals surface area contributed by atoms with Crippen LogP contribution in [0.1, 0.15) is 60.5 Å². The van der Waals surface area contributed by atoms with Gasteiger partial charge in [-0.2, -0.15) is 0 Å². The van der Waals surface area contributed by atoms with Crippen molar-refractivity contribution in [2.45, 2.75) is 52.1 Å². The normalized spacial score (nSPS) is 16.9. The highest BCUT2D eigenvalue weighted by Gasteiger charge is 2.24. The minimum absolute atomic E-state index is 0.0248. The van der Waals surface area contributed by atoms with E-state index in [9.17, 15) is 9.59 Å². The molecule has 2 aromatic carbocycles. The van der Waals surface area contributed by atoms with Gasteiger partial charge in [-0.1, -0.05) is 37.5 Å². The Balaban J connectivity index is 1.46. The van der Waals surface area contributed by atoms with Gasteiger partial charge in [-0.05, 0) is 54.3 Å². The Labute approximate surface area is 254 Å². The quantitative estimate of drug-likeness (QED) is 0.402. The molecule has 2 aliphatic rings. The lowest BCUT2D eigenvalue weighted by Crippen LogP contribution is -2.36. The number of nitrogens with zero attached hydrogens (tertiary/aromatic N) is 4. The summed E-state index contributed by atoms with van der Waals surface area (Å²) in [5.41, 5.74) is 4.33. The van der Waals surface area contributed by atoms with Gasteiger partial charge in [0.1, 0.15) is 11.6 Å². The van der Waals surface area contributed by atoms with E-state index in [1.54, 1.807) is 26.3 Å². The van der Waals surface area contributed by atoms with Crippen LogP contribution >= 0.6 is 0 Å². The largest absolute Gasteiger partial charge is 0.497 e. The fourth-order valence-corrected chi connectivity index (χ4v) is 5.80. The molecule has 1 N–H and O–H groups in total. The fraction of sp³-hybridized carbons (Fsp3) is 0.441. The van der Waals surface area contributed by atoms with E-state index in [1.165, 1.54) is 0 Å². The van der Waals surface area contributed by atoms with Gasteiger partial charge >= 0.3 is 0 Å². The average Bonchev–Trinajstić information content (AvgIpc) is 3.02. The molecule has 0 aliphatic carbocycles. The van der Waals surface area contributed by atoms with Crippen LogP contribution in [0, 0.1) is 0 Å². The van der Waals surface area contributed by atoms with Crippen LogP contribution < -0.4 is 15.0 Å². The van der Waals surface area contributed by atoms with Crippen molar-refractivity contribution in [1.29, 1.82) is 0 Å². The third-order valence-electron chi connectivity index (χ3n) is 8.16. The molecule has 2 amide bonds. The molecule has 1 fully saturated rings. The number of rotatable bonds is 6. The second-order valence-electron chi connectivity index (χ2n) is 11.3. The van der Waals surface area contributed by atoms with Crippen molar-refractivity contribution in [1.82, 2.24) is 14.8 Å². The lowest BCUT2D eigenvalue weighted by Gasteiger charge is -2.31. The molecule has 1 aromatic heterocycles. The number of carbonyl (C=O) groups is 2. The predicted octanol–water partition coefficient (Wildman–Crippen LogP) is 5.63. The lowest BCUT2D eigenvalue weighted by atomic mass is 10.0. The molecular formula is C34H43N5O4. The van der Waals surface area contributed by atoms with Gasteiger partial charge < -0.3 is 24.6 Å². The monoisotopic (exact) mass is 585 g/mol. The molecule has 0 atom stereocenters. The Bertz CT molecular complexity index is 1390. The summed E-state index contributed by atoms with van der Waals surface area (Å²) in [4.78, 5) is 37.9. The Morgan fingerprint density at radius 3 is 2.51 bits per heavy atom. The number of pyridine rings is 1. The van der Waals surface area contributed by atoms with Gasteiger partial charge in [0, 0.05) is 69.8 Å². The zero-order valence-corrected chi connectivity index (χ0v) is 25.4. The van der Waals surface area contributed by atoms with Crippen LogP contribution in [0.2, 0.25) is 0 Å². The first-order chi connectivity index (χ1) is 21.0. The van der Waals surface area contributed by atoms with Crippen LogP contribution in [-0.2, 0) is 22.6 Å². The smallest absolute Gasteiger partial charge is 0.257 e. The van der Waals surface area contributed by atoms with Gasteiger partial charge in [0.05, 0.1) is 25.9 Å². The van der Waals surface area contributed by atoms with Crippen LogP contribution in [0.15, 0.2) is 60.8 Å². The summed E-state index contributed by atoms with van der Waals surface area (Å²) in [6.45, 7) is 7.42. The van der Waals surface area contributed by atoms with Gasteiger partial charge in [-0.25, -0.2) is 4.98 Å². The van der Waals surface area contributed by atoms with E-state index in [0.29, 0.717) is 31.0 Å². The zero-order valence-electron chi connectivity index (χ0n) is 25.4. The SMILES string of the molecule is COc1cccc(Nc2ncccc2C(=O)N2CCCCCCCN(C(C)=O)c3cc(CN4CCOCC4)ccc3C2)c1. The topological polar surface area (TPSA) is 87.2 Å². The van der Waals surface area contributed by atoms with Crippen LogP contribution in [0.25, 0.3) is 0 Å². The van der Waals surface area contributed by atoms with E-state index in [0.717, 1.165) is 93.2 Å². The molecular weight excluding hydrogens is 542 g/mol. The minimum Gasteiger partial charge on any atom is -0.497 e. The zero-order chi connectivity index (χ0) is 30.0. The number of fused-ring (bicyclic) bond motifs is 1. The summed E-state index contributed by atoms with van der Waals surface area (Å²) < 4.78 is 10.9. The number of aromatic nitrogens is 1. The number of amides is 2. The number of carbonyl (C=O) groups excluding carboxylic acids is 2. The molecule has 3 aromatic rings. The third-order valence-corrected chi connectivity index (χ3v) is 8.16. The van der Waals surface area contributed by atoms with Crippen molar-refractivity contribution in [2.24, 2.45) is 0 Å². The van der Waals surface area contributed by atoms with Gasteiger partial charge in [0.2, 0.25) is 5.91 Å². The molecule has 228 valence electrons. The summed E-state index contributed by atoms with van der Waals surface area (Å²) in [6, 6.07) is 17.6. The summed E-state index contributed by atoms with van der Waals surface area (Å²) >= 11 is 0. The lowest BCUT2D eigenvalue weighted by molar-refractivity contribution is -0.116. The first-order valence-corrected chi connectivity index (χ1v) is 15.4. The number of anilines is 3. The van der Waals surface area contributed by atoms with E-state index in [2.05, 4.69) is 33.4 Å². The van der Waals surface area contributed by atoms with Crippen molar-refractivity contribution < 1.29 is 19.1 Å². The van der Waals surface area contributed by atoms with Crippen LogP contribution in [0.3, 0.4) is 0 Å². The number of nitrogens with one attached hydrogen (secondary N) is 1. The highest BCUT2D eigenvalue weighted by molar-refractivity contribution is 5.99. The Kier molecular flexibility index (Phi) is 10.6. The number of ether oxygens (including phenoxy) is 2. The van der Waals surface area contributed by atoms with Crippen molar-refractivity contribution in [3.8, 4) is 5.75 Å². The Hall–Kier alpha value is -3.95. The highest BCUT2D eigenvalue weighted by atomic mass is 16.5. The third kappa shape index (κ3) is 8.12. The molecule has 0 unspecified atom stereocenters. The Morgan fingerprint density at radius 2 is 1.72 bits per heavy atom. The highest BCUT2D eigenvalue weighted by Crippen LogP contribution is 2.29. The van der Waals surface area contributed by atoms with E-state index >= 15 is 0 Å². The minimum atomic E-state index is -0.0896. The molecule has 1 saturated heterocycles. The molecule has 43 heavy (non-hydrogen) atoms. The predicted molar refractivity (Wildman–Crippen MR) is 169 cm³/mol. The second kappa shape index (κ2) is 15.0. The van der Waals surface area contributed by atoms with Crippen molar-refractivity contribution in [3.63, 3.8) is 0 Å². The fourth-order valence-electron chi connectivity index (χ4n) is 5.80. The first kappa shape index (κ1) is 30.5. The second-order valence-corrected chi connectivity index (χ2v) is 11.3. The summed E-state index contributed by atoms with van der Waals surface area (Å²) in [6.07, 6.45) is 6.74.